The number of amides is 1. The van der Waals surface area contributed by atoms with Crippen molar-refractivity contribution in [2.24, 2.45) is 9.98 Å². The Morgan fingerprint density at radius 3 is 2.38 bits per heavy atom. The molecule has 0 aliphatic rings. The number of phenolic OH excluding ortho intramolecular Hbond substituents is 1. The average Bonchev–Trinajstić information content (AvgIpc) is 2.93. The van der Waals surface area contributed by atoms with Gasteiger partial charge in [-0.15, -0.1) is 0 Å². The van der Waals surface area contributed by atoms with Crippen LogP contribution >= 0.6 is 0 Å². The van der Waals surface area contributed by atoms with Gasteiger partial charge in [0.2, 0.25) is 0 Å². The highest BCUT2D eigenvalue weighted by Crippen LogP contribution is 2.21. The molecular formula is C32H46N4O3. The highest BCUT2D eigenvalue weighted by Gasteiger charge is 2.06. The van der Waals surface area contributed by atoms with Gasteiger partial charge in [0, 0.05) is 7.05 Å². The lowest BCUT2D eigenvalue weighted by Gasteiger charge is -2.05. The van der Waals surface area contributed by atoms with Crippen molar-refractivity contribution in [3.8, 4) is 5.75 Å². The zero-order chi connectivity index (χ0) is 29.5. The Hall–Kier alpha value is -3.97. The topological polar surface area (TPSA) is 86.5 Å². The molecule has 0 atom stereocenters. The molecule has 39 heavy (non-hydrogen) atoms. The van der Waals surface area contributed by atoms with E-state index in [0.717, 1.165) is 23.2 Å². The molecule has 2 N–H and O–H groups in total. The Bertz CT molecular complexity index is 1090. The number of rotatable bonds is 10. The number of hydrogen-bond donors (Lipinski definition) is 2. The highest BCUT2D eigenvalue weighted by atomic mass is 16.5. The normalized spacial score (nSPS) is 11.2. The van der Waals surface area contributed by atoms with Gasteiger partial charge in [-0.2, -0.15) is 0 Å². The Kier molecular flexibility index (Phi) is 19.8. The molecule has 0 aliphatic carbocycles. The van der Waals surface area contributed by atoms with Crippen molar-refractivity contribution in [2.45, 2.75) is 40.0 Å². The molecule has 0 saturated heterocycles. The first-order valence-electron chi connectivity index (χ1n) is 13.1. The third kappa shape index (κ3) is 17.2. The van der Waals surface area contributed by atoms with Crippen molar-refractivity contribution in [3.63, 3.8) is 0 Å². The van der Waals surface area contributed by atoms with Gasteiger partial charge in [0.05, 0.1) is 11.3 Å². The molecule has 7 nitrogen and oxygen atoms in total. The number of carbonyl (C=O) groups excluding carboxylic acids is 1. The van der Waals surface area contributed by atoms with E-state index in [1.807, 2.05) is 62.4 Å². The lowest BCUT2D eigenvalue weighted by molar-refractivity contribution is 0.159. The molecule has 0 aromatic heterocycles. The first kappa shape index (κ1) is 35.0. The standard InChI is InChI=1S/C15H14N2O.C11H17NO2.C6H15N/c1-11-6-5-7-12(10-11)17-15(16-2)13-8-3-4-9-14(13)18;1-4-6-8-10(7-5-2)9-14-11(13)12-3;1-4-5-6-7(2)3/h3-10,18H,2H2,1H3;5-8H,2,4,9H2,1,3H3,(H,12,13);4-6H2,1-3H3/b;8-6-,10-7+;. The lowest BCUT2D eigenvalue weighted by atomic mass is 10.2. The number of nitrogens with one attached hydrogen (secondary N) is 1. The van der Waals surface area contributed by atoms with Crippen molar-refractivity contribution in [1.29, 1.82) is 0 Å². The Labute approximate surface area is 235 Å². The fourth-order valence-corrected chi connectivity index (χ4v) is 2.93. The number of aliphatic imine (C=N–C) groups is 2. The van der Waals surface area contributed by atoms with Crippen LogP contribution in [-0.2, 0) is 4.74 Å². The number of unbranched alkanes of at least 4 members (excludes halogenated alkanes) is 1. The predicted octanol–water partition coefficient (Wildman–Crippen LogP) is 7.25. The lowest BCUT2D eigenvalue weighted by Crippen LogP contribution is -2.20. The van der Waals surface area contributed by atoms with E-state index in [1.165, 1.54) is 26.4 Å². The Balaban J connectivity index is 0.000000613. The first-order valence-corrected chi connectivity index (χ1v) is 13.1. The third-order valence-corrected chi connectivity index (χ3v) is 4.96. The fraction of sp³-hybridized carbons (Fsp3) is 0.344. The van der Waals surface area contributed by atoms with Crippen LogP contribution in [-0.4, -0.2) is 62.9 Å². The minimum atomic E-state index is -0.426. The maximum atomic E-state index is 10.8. The quantitative estimate of drug-likeness (QED) is 0.191. The predicted molar refractivity (Wildman–Crippen MR) is 167 cm³/mol. The smallest absolute Gasteiger partial charge is 0.407 e. The number of alkyl carbamates (subject to hydrolysis) is 1. The minimum Gasteiger partial charge on any atom is -0.507 e. The van der Waals surface area contributed by atoms with Crippen molar-refractivity contribution in [2.75, 3.05) is 34.3 Å². The molecule has 0 spiro atoms. The van der Waals surface area contributed by atoms with Crippen LogP contribution in [0.15, 0.2) is 95.0 Å². The number of allylic oxidation sites excluding steroid dienone is 3. The number of benzene rings is 2. The molecule has 0 heterocycles. The molecule has 0 saturated carbocycles. The zero-order valence-electron chi connectivity index (χ0n) is 24.5. The van der Waals surface area contributed by atoms with Crippen LogP contribution in [0, 0.1) is 6.92 Å². The molecule has 1 amide bonds. The van der Waals surface area contributed by atoms with Gasteiger partial charge in [-0.3, -0.25) is 0 Å². The molecule has 0 aliphatic heterocycles. The van der Waals surface area contributed by atoms with Crippen LogP contribution in [0.25, 0.3) is 0 Å². The van der Waals surface area contributed by atoms with E-state index in [-0.39, 0.29) is 12.4 Å². The number of aromatic hydroxyl groups is 1. The van der Waals surface area contributed by atoms with E-state index in [1.54, 1.807) is 24.3 Å². The van der Waals surface area contributed by atoms with Gasteiger partial charge < -0.3 is 20.1 Å². The van der Waals surface area contributed by atoms with Gasteiger partial charge in [-0.25, -0.2) is 14.8 Å². The summed E-state index contributed by atoms with van der Waals surface area (Å²) in [7, 11) is 5.74. The van der Waals surface area contributed by atoms with E-state index >= 15 is 0 Å². The molecule has 0 radical (unpaired) electrons. The maximum absolute atomic E-state index is 10.8. The van der Waals surface area contributed by atoms with E-state index in [0.29, 0.717) is 11.4 Å². The highest BCUT2D eigenvalue weighted by molar-refractivity contribution is 6.04. The summed E-state index contributed by atoms with van der Waals surface area (Å²) in [6.07, 6.45) is 10.6. The number of ether oxygens (including phenoxy) is 1. The summed E-state index contributed by atoms with van der Waals surface area (Å²) >= 11 is 0. The average molecular weight is 535 g/mol. The summed E-state index contributed by atoms with van der Waals surface area (Å²) in [6.45, 7) is 14.8. The van der Waals surface area contributed by atoms with Gasteiger partial charge in [-0.1, -0.05) is 75.4 Å². The van der Waals surface area contributed by atoms with Gasteiger partial charge >= 0.3 is 6.09 Å². The van der Waals surface area contributed by atoms with Gasteiger partial charge in [0.15, 0.2) is 5.84 Å². The van der Waals surface area contributed by atoms with E-state index in [4.69, 9.17) is 4.74 Å². The second-order valence-corrected chi connectivity index (χ2v) is 8.72. The SMILES string of the molecule is C=C/C=C(\C=C/CC)COC(=O)NC.C=NC(=Nc1cccc(C)c1)c1ccccc1O.CCCCN(C)C. The second kappa shape index (κ2) is 22.1. The summed E-state index contributed by atoms with van der Waals surface area (Å²) in [5, 5.41) is 12.2. The monoisotopic (exact) mass is 534 g/mol. The van der Waals surface area contributed by atoms with Crippen LogP contribution in [0.4, 0.5) is 10.5 Å². The molecule has 0 bridgehead atoms. The third-order valence-electron chi connectivity index (χ3n) is 4.96. The number of para-hydroxylation sites is 1. The van der Waals surface area contributed by atoms with Gasteiger partial charge in [-0.05, 0) is 82.5 Å². The number of carbonyl (C=O) groups is 1. The largest absolute Gasteiger partial charge is 0.507 e. The van der Waals surface area contributed by atoms with Crippen LogP contribution in [0.5, 0.6) is 5.75 Å². The van der Waals surface area contributed by atoms with Crippen molar-refractivity contribution in [1.82, 2.24) is 10.2 Å². The van der Waals surface area contributed by atoms with E-state index in [9.17, 15) is 9.90 Å². The summed E-state index contributed by atoms with van der Waals surface area (Å²) in [5.41, 5.74) is 3.41. The molecule has 2 aromatic rings. The minimum absolute atomic E-state index is 0.149. The number of nitrogens with zero attached hydrogens (tertiary/aromatic N) is 3. The van der Waals surface area contributed by atoms with Crippen molar-refractivity contribution < 1.29 is 14.6 Å². The van der Waals surface area contributed by atoms with Gasteiger partial charge in [0.1, 0.15) is 12.4 Å². The van der Waals surface area contributed by atoms with Crippen molar-refractivity contribution in [3.05, 3.63) is 96.1 Å². The number of phenols is 1. The fourth-order valence-electron chi connectivity index (χ4n) is 2.93. The molecule has 212 valence electrons. The molecular weight excluding hydrogens is 488 g/mol. The van der Waals surface area contributed by atoms with Crippen LogP contribution in [0.2, 0.25) is 0 Å². The van der Waals surface area contributed by atoms with Crippen LogP contribution < -0.4 is 5.32 Å². The van der Waals surface area contributed by atoms with Crippen LogP contribution in [0.3, 0.4) is 0 Å². The molecule has 2 rings (SSSR count). The first-order chi connectivity index (χ1) is 18.7. The molecule has 7 heteroatoms. The number of hydrogen-bond acceptors (Lipinski definition) is 5. The van der Waals surface area contributed by atoms with E-state index < -0.39 is 6.09 Å². The van der Waals surface area contributed by atoms with Gasteiger partial charge in [0.25, 0.3) is 0 Å². The Morgan fingerprint density at radius 1 is 1.15 bits per heavy atom. The Morgan fingerprint density at radius 2 is 1.87 bits per heavy atom. The number of aryl methyl sites for hydroxylation is 1. The molecule has 0 unspecified atom stereocenters. The summed E-state index contributed by atoms with van der Waals surface area (Å²) in [4.78, 5) is 21.3. The number of amidine groups is 1. The van der Waals surface area contributed by atoms with Crippen LogP contribution in [0.1, 0.15) is 44.2 Å². The zero-order valence-corrected chi connectivity index (χ0v) is 24.5. The maximum Gasteiger partial charge on any atom is 0.407 e. The summed E-state index contributed by atoms with van der Waals surface area (Å²) in [6, 6.07) is 14.7. The summed E-state index contributed by atoms with van der Waals surface area (Å²) < 4.78 is 4.89. The molecule has 2 aromatic carbocycles. The van der Waals surface area contributed by atoms with E-state index in [2.05, 4.69) is 54.5 Å². The second-order valence-electron chi connectivity index (χ2n) is 8.72. The molecule has 0 fully saturated rings. The van der Waals surface area contributed by atoms with Crippen molar-refractivity contribution >= 4 is 24.3 Å². The summed E-state index contributed by atoms with van der Waals surface area (Å²) in [5.74, 6) is 0.565.